The smallest absolute Gasteiger partial charge is 0.254 e. The Kier molecular flexibility index (Phi) is 7.23. The van der Waals surface area contributed by atoms with E-state index in [2.05, 4.69) is 6.07 Å². The molecule has 0 N–H and O–H groups in total. The molecule has 0 spiro atoms. The van der Waals surface area contributed by atoms with Crippen molar-refractivity contribution in [3.63, 3.8) is 0 Å². The van der Waals surface area contributed by atoms with Gasteiger partial charge >= 0.3 is 0 Å². The third-order valence-corrected chi connectivity index (χ3v) is 7.74. The summed E-state index contributed by atoms with van der Waals surface area (Å²) in [7, 11) is 1.60. The molecule has 36 heavy (non-hydrogen) atoms. The lowest BCUT2D eigenvalue weighted by Gasteiger charge is -2.37. The van der Waals surface area contributed by atoms with Crippen LogP contribution in [0.5, 0.6) is 11.5 Å². The first-order valence-corrected chi connectivity index (χ1v) is 13.1. The second-order valence-corrected chi connectivity index (χ2v) is 10.3. The van der Waals surface area contributed by atoms with Crippen molar-refractivity contribution in [2.45, 2.75) is 25.3 Å². The van der Waals surface area contributed by atoms with Crippen molar-refractivity contribution in [1.82, 2.24) is 9.80 Å². The third kappa shape index (κ3) is 5.38. The van der Waals surface area contributed by atoms with E-state index < -0.39 is 5.82 Å². The van der Waals surface area contributed by atoms with Gasteiger partial charge in [-0.05, 0) is 72.5 Å². The number of thiophene rings is 1. The maximum absolute atomic E-state index is 13.8. The fourth-order valence-electron chi connectivity index (χ4n) is 4.67. The van der Waals surface area contributed by atoms with Crippen LogP contribution in [0, 0.1) is 11.7 Å². The standard InChI is InChI=1S/C28H29FN2O4S/c1-34-24-7-2-3-8-25(24)35-18-23-22-12-14-36-26(22)11-13-31(23)27(32)17-30(16-19-9-10-19)28(33)20-5-4-6-21(29)15-20/h2-8,12,14-15,19,23H,9-11,13,16-18H2,1H3/t23-/m0/s1. The molecule has 1 aliphatic carbocycles. The average Bonchev–Trinajstić information content (AvgIpc) is 3.58. The van der Waals surface area contributed by atoms with Gasteiger partial charge in [0.25, 0.3) is 5.91 Å². The number of halogens is 1. The van der Waals surface area contributed by atoms with Gasteiger partial charge in [-0.15, -0.1) is 11.3 Å². The lowest BCUT2D eigenvalue weighted by atomic mass is 10.00. The summed E-state index contributed by atoms with van der Waals surface area (Å²) in [6, 6.07) is 14.9. The molecule has 2 amide bonds. The van der Waals surface area contributed by atoms with E-state index in [-0.39, 0.29) is 36.6 Å². The number of fused-ring (bicyclic) bond motifs is 1. The molecule has 0 bridgehead atoms. The summed E-state index contributed by atoms with van der Waals surface area (Å²) < 4.78 is 25.4. The zero-order chi connectivity index (χ0) is 25.1. The SMILES string of the molecule is COc1ccccc1OC[C@H]1c2ccsc2CCN1C(=O)CN(CC1CC1)C(=O)c1cccc(F)c1. The molecule has 2 heterocycles. The molecule has 8 heteroatoms. The molecule has 1 saturated carbocycles. The Labute approximate surface area is 214 Å². The van der Waals surface area contributed by atoms with E-state index in [9.17, 15) is 14.0 Å². The lowest BCUT2D eigenvalue weighted by molar-refractivity contribution is -0.135. The van der Waals surface area contributed by atoms with Crippen molar-refractivity contribution in [2.24, 2.45) is 5.92 Å². The fraction of sp³-hybridized carbons (Fsp3) is 0.357. The first kappa shape index (κ1) is 24.3. The lowest BCUT2D eigenvalue weighted by Crippen LogP contribution is -2.48. The average molecular weight is 509 g/mol. The molecule has 6 nitrogen and oxygen atoms in total. The van der Waals surface area contributed by atoms with Crippen molar-refractivity contribution in [1.29, 1.82) is 0 Å². The van der Waals surface area contributed by atoms with Crippen LogP contribution < -0.4 is 9.47 Å². The Hall–Kier alpha value is -3.39. The van der Waals surface area contributed by atoms with Gasteiger partial charge in [0.15, 0.2) is 11.5 Å². The number of ether oxygens (including phenoxy) is 2. The predicted molar refractivity (Wildman–Crippen MR) is 136 cm³/mol. The van der Waals surface area contributed by atoms with Crippen LogP contribution in [0.15, 0.2) is 60.0 Å². The molecule has 0 unspecified atom stereocenters. The molecule has 1 fully saturated rings. The van der Waals surface area contributed by atoms with E-state index in [0.717, 1.165) is 24.8 Å². The van der Waals surface area contributed by atoms with Gasteiger partial charge in [-0.3, -0.25) is 9.59 Å². The molecule has 0 saturated heterocycles. The van der Waals surface area contributed by atoms with Crippen LogP contribution in [-0.4, -0.2) is 55.0 Å². The van der Waals surface area contributed by atoms with E-state index in [1.165, 1.54) is 23.1 Å². The van der Waals surface area contributed by atoms with Gasteiger partial charge in [0, 0.05) is 23.5 Å². The minimum Gasteiger partial charge on any atom is -0.493 e. The van der Waals surface area contributed by atoms with Crippen LogP contribution in [-0.2, 0) is 11.2 Å². The number of nitrogens with zero attached hydrogens (tertiary/aromatic N) is 2. The molecule has 2 aromatic carbocycles. The third-order valence-electron chi connectivity index (χ3n) is 6.74. The molecule has 1 aromatic heterocycles. The molecule has 1 aliphatic heterocycles. The summed E-state index contributed by atoms with van der Waals surface area (Å²) in [5, 5.41) is 2.04. The number of hydrogen-bond donors (Lipinski definition) is 0. The van der Waals surface area contributed by atoms with Crippen molar-refractivity contribution in [2.75, 3.05) is 33.4 Å². The normalized spacial score (nSPS) is 16.8. The minimum atomic E-state index is -0.465. The summed E-state index contributed by atoms with van der Waals surface area (Å²) in [5.74, 6) is 0.730. The van der Waals surface area contributed by atoms with E-state index in [4.69, 9.17) is 9.47 Å². The topological polar surface area (TPSA) is 59.1 Å². The van der Waals surface area contributed by atoms with Gasteiger partial charge in [-0.1, -0.05) is 18.2 Å². The van der Waals surface area contributed by atoms with Gasteiger partial charge in [0.2, 0.25) is 5.91 Å². The summed E-state index contributed by atoms with van der Waals surface area (Å²) in [4.78, 5) is 31.6. The monoisotopic (exact) mass is 508 g/mol. The Balaban J connectivity index is 1.35. The second-order valence-electron chi connectivity index (χ2n) is 9.25. The minimum absolute atomic E-state index is 0.0452. The number of carbonyl (C=O) groups excluding carboxylic acids is 2. The van der Waals surface area contributed by atoms with Crippen LogP contribution in [0.2, 0.25) is 0 Å². The molecule has 188 valence electrons. The number of hydrogen-bond acceptors (Lipinski definition) is 5. The maximum atomic E-state index is 13.8. The number of amides is 2. The summed E-state index contributed by atoms with van der Waals surface area (Å²) in [5.41, 5.74) is 1.35. The summed E-state index contributed by atoms with van der Waals surface area (Å²) in [6.07, 6.45) is 2.85. The molecule has 5 rings (SSSR count). The molecular formula is C28H29FN2O4S. The van der Waals surface area contributed by atoms with Crippen LogP contribution in [0.1, 0.15) is 39.7 Å². The number of carbonyl (C=O) groups is 2. The van der Waals surface area contributed by atoms with E-state index in [1.54, 1.807) is 29.4 Å². The van der Waals surface area contributed by atoms with Crippen LogP contribution in [0.3, 0.4) is 0 Å². The van der Waals surface area contributed by atoms with Gasteiger partial charge in [-0.2, -0.15) is 0 Å². The molecule has 3 aromatic rings. The van der Waals surface area contributed by atoms with Gasteiger partial charge in [0.1, 0.15) is 19.0 Å². The Morgan fingerprint density at radius 3 is 2.67 bits per heavy atom. The summed E-state index contributed by atoms with van der Waals surface area (Å²) in [6.45, 7) is 1.28. The molecular weight excluding hydrogens is 479 g/mol. The van der Waals surface area contributed by atoms with Crippen molar-refractivity contribution in [3.05, 3.63) is 81.8 Å². The molecule has 1 atom stereocenters. The Morgan fingerprint density at radius 2 is 1.92 bits per heavy atom. The van der Waals surface area contributed by atoms with Crippen molar-refractivity contribution in [3.8, 4) is 11.5 Å². The van der Waals surface area contributed by atoms with Crippen LogP contribution in [0.4, 0.5) is 4.39 Å². The quantitative estimate of drug-likeness (QED) is 0.410. The largest absolute Gasteiger partial charge is 0.493 e. The van der Waals surface area contributed by atoms with Crippen LogP contribution >= 0.6 is 11.3 Å². The van der Waals surface area contributed by atoms with E-state index >= 15 is 0 Å². The predicted octanol–water partition coefficient (Wildman–Crippen LogP) is 4.95. The maximum Gasteiger partial charge on any atom is 0.254 e. The van der Waals surface area contributed by atoms with Crippen molar-refractivity contribution >= 4 is 23.2 Å². The second kappa shape index (κ2) is 10.7. The highest BCUT2D eigenvalue weighted by molar-refractivity contribution is 7.10. The van der Waals surface area contributed by atoms with Crippen LogP contribution in [0.25, 0.3) is 0 Å². The van der Waals surface area contributed by atoms with E-state index in [1.807, 2.05) is 34.5 Å². The Morgan fingerprint density at radius 1 is 1.11 bits per heavy atom. The van der Waals surface area contributed by atoms with Gasteiger partial charge < -0.3 is 19.3 Å². The highest BCUT2D eigenvalue weighted by atomic mass is 32.1. The van der Waals surface area contributed by atoms with Crippen molar-refractivity contribution < 1.29 is 23.5 Å². The molecule has 2 aliphatic rings. The fourth-order valence-corrected chi connectivity index (χ4v) is 5.60. The highest BCUT2D eigenvalue weighted by Gasteiger charge is 2.35. The van der Waals surface area contributed by atoms with Gasteiger partial charge in [-0.25, -0.2) is 4.39 Å². The van der Waals surface area contributed by atoms with E-state index in [0.29, 0.717) is 30.5 Å². The zero-order valence-corrected chi connectivity index (χ0v) is 21.0. The zero-order valence-electron chi connectivity index (χ0n) is 20.2. The Bertz CT molecular complexity index is 1240. The summed E-state index contributed by atoms with van der Waals surface area (Å²) >= 11 is 1.69. The first-order chi connectivity index (χ1) is 17.5. The first-order valence-electron chi connectivity index (χ1n) is 12.2. The number of rotatable bonds is 9. The number of benzene rings is 2. The van der Waals surface area contributed by atoms with Gasteiger partial charge in [0.05, 0.1) is 13.2 Å². The highest BCUT2D eigenvalue weighted by Crippen LogP contribution is 2.36. The molecule has 0 radical (unpaired) electrons. The number of para-hydroxylation sites is 2. The number of methoxy groups -OCH3 is 1.